The second-order valence-electron chi connectivity index (χ2n) is 4.18. The smallest absolute Gasteiger partial charge is 0.115 e. The van der Waals surface area contributed by atoms with Crippen LogP contribution in [0.5, 0.6) is 5.75 Å². The van der Waals surface area contributed by atoms with Gasteiger partial charge in [-0.25, -0.2) is 4.39 Å². The summed E-state index contributed by atoms with van der Waals surface area (Å²) in [6.07, 6.45) is 2.05. The van der Waals surface area contributed by atoms with E-state index >= 15 is 0 Å². The van der Waals surface area contributed by atoms with Crippen LogP contribution >= 0.6 is 0 Å². The van der Waals surface area contributed by atoms with E-state index in [9.17, 15) is 9.50 Å². The molecule has 1 fully saturated rings. The summed E-state index contributed by atoms with van der Waals surface area (Å²) in [4.78, 5) is 0. The summed E-state index contributed by atoms with van der Waals surface area (Å²) in [7, 11) is 0. The molecule has 1 aromatic carbocycles. The Balaban J connectivity index is 2.37. The van der Waals surface area contributed by atoms with Crippen molar-refractivity contribution in [2.75, 3.05) is 0 Å². The maximum Gasteiger partial charge on any atom is 0.115 e. The molecule has 1 aliphatic carbocycles. The van der Waals surface area contributed by atoms with Gasteiger partial charge >= 0.3 is 0 Å². The third-order valence-electron chi connectivity index (χ3n) is 3.43. The lowest BCUT2D eigenvalue weighted by Gasteiger charge is -2.43. The number of halogens is 1. The van der Waals surface area contributed by atoms with Crippen molar-refractivity contribution in [2.24, 2.45) is 0 Å². The summed E-state index contributed by atoms with van der Waals surface area (Å²) in [5, 5.41) is 9.36. The van der Waals surface area contributed by atoms with Crippen LogP contribution in [0.3, 0.4) is 0 Å². The molecule has 0 saturated heterocycles. The van der Waals surface area contributed by atoms with E-state index in [1.807, 2.05) is 6.07 Å². The van der Waals surface area contributed by atoms with Crippen LogP contribution in [0.1, 0.15) is 31.7 Å². The quantitative estimate of drug-likeness (QED) is 0.766. The first kappa shape index (κ1) is 9.50. The largest absolute Gasteiger partial charge is 0.508 e. The number of alkyl halides is 1. The minimum absolute atomic E-state index is 0.231. The molecule has 0 heterocycles. The minimum Gasteiger partial charge on any atom is -0.508 e. The molecule has 1 nitrogen and oxygen atoms in total. The van der Waals surface area contributed by atoms with Crippen molar-refractivity contribution in [1.29, 1.82) is 0 Å². The zero-order valence-electron chi connectivity index (χ0n) is 8.33. The summed E-state index contributed by atoms with van der Waals surface area (Å²) < 4.78 is 13.5. The van der Waals surface area contributed by atoms with Gasteiger partial charge in [0.2, 0.25) is 0 Å². The van der Waals surface area contributed by atoms with Crippen LogP contribution in [0, 0.1) is 0 Å². The Morgan fingerprint density at radius 3 is 2.57 bits per heavy atom. The van der Waals surface area contributed by atoms with E-state index in [0.717, 1.165) is 24.8 Å². The highest BCUT2D eigenvalue weighted by Crippen LogP contribution is 2.48. The van der Waals surface area contributed by atoms with Gasteiger partial charge in [0.1, 0.15) is 11.9 Å². The van der Waals surface area contributed by atoms with Gasteiger partial charge in [-0.05, 0) is 37.5 Å². The van der Waals surface area contributed by atoms with Crippen molar-refractivity contribution in [2.45, 2.75) is 37.8 Å². The number of hydrogen-bond acceptors (Lipinski definition) is 1. The van der Waals surface area contributed by atoms with Crippen LogP contribution in [0.4, 0.5) is 4.39 Å². The average Bonchev–Trinajstić information content (AvgIpc) is 2.00. The number of aromatic hydroxyl groups is 1. The van der Waals surface area contributed by atoms with E-state index in [-0.39, 0.29) is 11.2 Å². The van der Waals surface area contributed by atoms with E-state index in [0.29, 0.717) is 0 Å². The number of hydrogen-bond donors (Lipinski definition) is 1. The fourth-order valence-corrected chi connectivity index (χ4v) is 2.29. The van der Waals surface area contributed by atoms with E-state index in [1.54, 1.807) is 25.1 Å². The van der Waals surface area contributed by atoms with E-state index in [2.05, 4.69) is 0 Å². The molecule has 1 aliphatic rings. The predicted octanol–water partition coefficient (Wildman–Crippen LogP) is 3.17. The minimum atomic E-state index is -0.835. The summed E-state index contributed by atoms with van der Waals surface area (Å²) >= 11 is 0. The van der Waals surface area contributed by atoms with Crippen LogP contribution in [-0.4, -0.2) is 11.3 Å². The van der Waals surface area contributed by atoms with Gasteiger partial charge in [0.25, 0.3) is 0 Å². The van der Waals surface area contributed by atoms with Crippen molar-refractivity contribution < 1.29 is 9.50 Å². The van der Waals surface area contributed by atoms with E-state index in [4.69, 9.17) is 0 Å². The molecule has 1 atom stereocenters. The topological polar surface area (TPSA) is 20.2 Å². The highest BCUT2D eigenvalue weighted by Gasteiger charge is 2.43. The van der Waals surface area contributed by atoms with Crippen LogP contribution in [-0.2, 0) is 5.41 Å². The Hall–Kier alpha value is -1.05. The Morgan fingerprint density at radius 2 is 2.14 bits per heavy atom. The molecule has 76 valence electrons. The van der Waals surface area contributed by atoms with E-state index in [1.165, 1.54) is 0 Å². The number of phenolic OH excluding ortho intramolecular Hbond substituents is 1. The van der Waals surface area contributed by atoms with E-state index < -0.39 is 6.17 Å². The standard InChI is InChI=1S/C12H15FO/c1-9(13)12(6-3-7-12)10-4-2-5-11(14)8-10/h2,4-5,8-9,14H,3,6-7H2,1H3. The Kier molecular flexibility index (Phi) is 2.22. The lowest BCUT2D eigenvalue weighted by Crippen LogP contribution is -2.41. The molecule has 0 aromatic heterocycles. The van der Waals surface area contributed by atoms with Crippen molar-refractivity contribution in [3.63, 3.8) is 0 Å². The summed E-state index contributed by atoms with van der Waals surface area (Å²) in [6, 6.07) is 7.01. The molecule has 2 heteroatoms. The van der Waals surface area contributed by atoms with Crippen molar-refractivity contribution >= 4 is 0 Å². The van der Waals surface area contributed by atoms with Crippen molar-refractivity contribution in [1.82, 2.24) is 0 Å². The van der Waals surface area contributed by atoms with Crippen LogP contribution < -0.4 is 0 Å². The third kappa shape index (κ3) is 1.29. The lowest BCUT2D eigenvalue weighted by atomic mass is 9.62. The Labute approximate surface area is 83.6 Å². The molecule has 0 spiro atoms. The molecule has 1 N–H and O–H groups in total. The molecule has 1 unspecified atom stereocenters. The van der Waals surface area contributed by atoms with Gasteiger partial charge in [-0.15, -0.1) is 0 Å². The third-order valence-corrected chi connectivity index (χ3v) is 3.43. The maximum absolute atomic E-state index is 13.5. The summed E-state index contributed by atoms with van der Waals surface area (Å²) in [6.45, 7) is 1.61. The normalized spacial score (nSPS) is 21.3. The summed E-state index contributed by atoms with van der Waals surface area (Å²) in [5.41, 5.74) is 0.623. The van der Waals surface area contributed by atoms with Gasteiger partial charge in [-0.3, -0.25) is 0 Å². The number of phenols is 1. The van der Waals surface area contributed by atoms with Gasteiger partial charge in [0, 0.05) is 5.41 Å². The first-order valence-electron chi connectivity index (χ1n) is 5.09. The highest BCUT2D eigenvalue weighted by molar-refractivity contribution is 5.35. The second kappa shape index (κ2) is 3.26. The Bertz CT molecular complexity index is 329. The zero-order valence-corrected chi connectivity index (χ0v) is 8.33. The average molecular weight is 194 g/mol. The highest BCUT2D eigenvalue weighted by atomic mass is 19.1. The SMILES string of the molecule is CC(F)C1(c2cccc(O)c2)CCC1. The fraction of sp³-hybridized carbons (Fsp3) is 0.500. The van der Waals surface area contributed by atoms with Crippen LogP contribution in [0.15, 0.2) is 24.3 Å². The van der Waals surface area contributed by atoms with Gasteiger partial charge in [-0.1, -0.05) is 18.6 Å². The number of rotatable bonds is 2. The molecule has 0 aliphatic heterocycles. The molecule has 1 aromatic rings. The molecule has 0 amide bonds. The predicted molar refractivity (Wildman–Crippen MR) is 54.2 cm³/mol. The molecule has 1 saturated carbocycles. The van der Waals surface area contributed by atoms with Crippen molar-refractivity contribution in [3.8, 4) is 5.75 Å². The first-order chi connectivity index (χ1) is 6.65. The second-order valence-corrected chi connectivity index (χ2v) is 4.18. The van der Waals surface area contributed by atoms with Crippen molar-refractivity contribution in [3.05, 3.63) is 29.8 Å². The van der Waals surface area contributed by atoms with Crippen LogP contribution in [0.2, 0.25) is 0 Å². The Morgan fingerprint density at radius 1 is 1.43 bits per heavy atom. The fourth-order valence-electron chi connectivity index (χ4n) is 2.29. The maximum atomic E-state index is 13.5. The van der Waals surface area contributed by atoms with Gasteiger partial charge in [0.15, 0.2) is 0 Å². The molecule has 14 heavy (non-hydrogen) atoms. The number of benzene rings is 1. The van der Waals surface area contributed by atoms with Gasteiger partial charge < -0.3 is 5.11 Å². The molecule has 0 bridgehead atoms. The zero-order chi connectivity index (χ0) is 10.2. The molecular formula is C12H15FO. The van der Waals surface area contributed by atoms with Crippen LogP contribution in [0.25, 0.3) is 0 Å². The molecule has 2 rings (SSSR count). The first-order valence-corrected chi connectivity index (χ1v) is 5.09. The monoisotopic (exact) mass is 194 g/mol. The van der Waals surface area contributed by atoms with Gasteiger partial charge in [-0.2, -0.15) is 0 Å². The molecular weight excluding hydrogens is 179 g/mol. The van der Waals surface area contributed by atoms with Gasteiger partial charge in [0.05, 0.1) is 0 Å². The summed E-state index contributed by atoms with van der Waals surface area (Å²) in [5.74, 6) is 0.231. The molecule has 0 radical (unpaired) electrons. The lowest BCUT2D eigenvalue weighted by molar-refractivity contribution is 0.114.